The van der Waals surface area contributed by atoms with Gasteiger partial charge in [-0.25, -0.2) is 18.6 Å². The summed E-state index contributed by atoms with van der Waals surface area (Å²) in [5, 5.41) is 2.75. The molecule has 10 heteroatoms. The van der Waals surface area contributed by atoms with Crippen LogP contribution in [0, 0.1) is 11.6 Å². The second kappa shape index (κ2) is 8.66. The fourth-order valence-corrected chi connectivity index (χ4v) is 3.42. The number of pyridine rings is 1. The van der Waals surface area contributed by atoms with Gasteiger partial charge in [0.1, 0.15) is 0 Å². The van der Waals surface area contributed by atoms with Crippen LogP contribution >= 0.6 is 0 Å². The predicted molar refractivity (Wildman–Crippen MR) is 110 cm³/mol. The minimum Gasteiger partial charge on any atom is -0.481 e. The molecular formula is C22H20F2N4O4. The summed E-state index contributed by atoms with van der Waals surface area (Å²) >= 11 is 0. The number of carbonyl (C=O) groups is 2. The fourth-order valence-electron chi connectivity index (χ4n) is 3.42. The summed E-state index contributed by atoms with van der Waals surface area (Å²) in [6.07, 6.45) is 1.58. The third-order valence-corrected chi connectivity index (χ3v) is 5.05. The Labute approximate surface area is 182 Å². The second-order valence-electron chi connectivity index (χ2n) is 7.28. The summed E-state index contributed by atoms with van der Waals surface area (Å²) in [6, 6.07) is 8.14. The van der Waals surface area contributed by atoms with Crippen molar-refractivity contribution in [3.8, 4) is 5.88 Å². The number of aromatic nitrogens is 1. The Morgan fingerprint density at radius 3 is 2.75 bits per heavy atom. The molecule has 4 rings (SSSR count). The molecule has 0 radical (unpaired) electrons. The van der Waals surface area contributed by atoms with Crippen LogP contribution < -0.4 is 15.0 Å². The number of hydrogen-bond acceptors (Lipinski definition) is 5. The number of carbonyl (C=O) groups excluding carboxylic acids is 2. The molecule has 32 heavy (non-hydrogen) atoms. The lowest BCUT2D eigenvalue weighted by Gasteiger charge is -2.32. The number of furan rings is 1. The number of urea groups is 1. The Balaban J connectivity index is 1.46. The van der Waals surface area contributed by atoms with Gasteiger partial charge in [0.25, 0.3) is 5.91 Å². The highest BCUT2D eigenvalue weighted by atomic mass is 19.2. The van der Waals surface area contributed by atoms with E-state index in [4.69, 9.17) is 9.15 Å². The van der Waals surface area contributed by atoms with Gasteiger partial charge in [-0.1, -0.05) is 6.07 Å². The van der Waals surface area contributed by atoms with Crippen LogP contribution in [0.15, 0.2) is 47.0 Å². The van der Waals surface area contributed by atoms with Crippen molar-refractivity contribution in [2.45, 2.75) is 19.6 Å². The van der Waals surface area contributed by atoms with Gasteiger partial charge in [-0.05, 0) is 35.4 Å². The van der Waals surface area contributed by atoms with E-state index in [2.05, 4.69) is 10.3 Å². The van der Waals surface area contributed by atoms with E-state index in [-0.39, 0.29) is 37.3 Å². The van der Waals surface area contributed by atoms with Crippen LogP contribution in [0.4, 0.5) is 19.5 Å². The maximum Gasteiger partial charge on any atom is 0.327 e. The molecule has 0 spiro atoms. The molecule has 3 aromatic rings. The fraction of sp³-hybridized carbons (Fsp3) is 0.227. The van der Waals surface area contributed by atoms with Gasteiger partial charge in [0.2, 0.25) is 11.8 Å². The normalized spacial score (nSPS) is 13.2. The molecule has 2 aromatic heterocycles. The molecule has 1 aliphatic rings. The van der Waals surface area contributed by atoms with Crippen molar-refractivity contribution < 1.29 is 27.5 Å². The standard InChI is InChI=1S/C22H20F2N4O4/c1-27-21-15(12-28(22(27)30)11-14-3-4-16(23)17(24)7-14)9-18(32-21)20(29)26-10-13-5-6-25-19(8-13)31-2/h3-9H,10-12H2,1-2H3,(H,26,29). The van der Waals surface area contributed by atoms with Crippen molar-refractivity contribution in [2.75, 3.05) is 19.1 Å². The summed E-state index contributed by atoms with van der Waals surface area (Å²) in [5.74, 6) is -1.60. The second-order valence-corrected chi connectivity index (χ2v) is 7.28. The van der Waals surface area contributed by atoms with Crippen molar-refractivity contribution >= 4 is 17.8 Å². The molecule has 166 valence electrons. The van der Waals surface area contributed by atoms with Crippen LogP contribution in [0.2, 0.25) is 0 Å². The Bertz CT molecular complexity index is 1180. The number of fused-ring (bicyclic) bond motifs is 1. The zero-order valence-corrected chi connectivity index (χ0v) is 17.4. The first-order valence-electron chi connectivity index (χ1n) is 9.72. The first-order valence-corrected chi connectivity index (χ1v) is 9.72. The molecule has 0 unspecified atom stereocenters. The smallest absolute Gasteiger partial charge is 0.327 e. The number of rotatable bonds is 6. The molecular weight excluding hydrogens is 422 g/mol. The summed E-state index contributed by atoms with van der Waals surface area (Å²) in [5.41, 5.74) is 1.88. The van der Waals surface area contributed by atoms with E-state index >= 15 is 0 Å². The quantitative estimate of drug-likeness (QED) is 0.632. The van der Waals surface area contributed by atoms with Crippen LogP contribution in [0.3, 0.4) is 0 Å². The van der Waals surface area contributed by atoms with E-state index in [1.807, 2.05) is 0 Å². The SMILES string of the molecule is COc1cc(CNC(=O)c2cc3c(o2)N(C)C(=O)N(Cc2ccc(F)c(F)c2)C3)ccn1. The van der Waals surface area contributed by atoms with Crippen molar-refractivity contribution in [1.29, 1.82) is 0 Å². The van der Waals surface area contributed by atoms with Gasteiger partial charge in [0.05, 0.1) is 13.7 Å². The van der Waals surface area contributed by atoms with E-state index in [1.54, 1.807) is 24.4 Å². The lowest BCUT2D eigenvalue weighted by Crippen LogP contribution is -2.44. The van der Waals surface area contributed by atoms with Crippen LogP contribution in [-0.4, -0.2) is 36.0 Å². The van der Waals surface area contributed by atoms with E-state index in [9.17, 15) is 18.4 Å². The number of nitrogens with one attached hydrogen (secondary N) is 1. The highest BCUT2D eigenvalue weighted by Crippen LogP contribution is 2.32. The Morgan fingerprint density at radius 1 is 1.19 bits per heavy atom. The molecule has 1 N–H and O–H groups in total. The van der Waals surface area contributed by atoms with Gasteiger partial charge in [0, 0.05) is 38.0 Å². The average molecular weight is 442 g/mol. The van der Waals surface area contributed by atoms with E-state index in [0.717, 1.165) is 17.7 Å². The van der Waals surface area contributed by atoms with Gasteiger partial charge < -0.3 is 19.4 Å². The van der Waals surface area contributed by atoms with E-state index in [1.165, 1.54) is 30.0 Å². The Kier molecular flexibility index (Phi) is 5.76. The molecule has 3 heterocycles. The van der Waals surface area contributed by atoms with Crippen LogP contribution in [0.25, 0.3) is 0 Å². The van der Waals surface area contributed by atoms with Gasteiger partial charge in [-0.15, -0.1) is 0 Å². The molecule has 0 saturated heterocycles. The van der Waals surface area contributed by atoms with Crippen molar-refractivity contribution in [1.82, 2.24) is 15.2 Å². The highest BCUT2D eigenvalue weighted by Gasteiger charge is 2.32. The van der Waals surface area contributed by atoms with Crippen molar-refractivity contribution in [3.05, 3.63) is 76.7 Å². The summed E-state index contributed by atoms with van der Waals surface area (Å²) < 4.78 is 37.4. The number of methoxy groups -OCH3 is 1. The zero-order chi connectivity index (χ0) is 22.8. The lowest BCUT2D eigenvalue weighted by molar-refractivity contribution is 0.0923. The zero-order valence-electron chi connectivity index (χ0n) is 17.4. The van der Waals surface area contributed by atoms with Gasteiger partial charge in [-0.3, -0.25) is 9.69 Å². The molecule has 3 amide bonds. The van der Waals surface area contributed by atoms with Gasteiger partial charge in [0.15, 0.2) is 17.4 Å². The molecule has 0 saturated carbocycles. The first kappa shape index (κ1) is 21.3. The molecule has 8 nitrogen and oxygen atoms in total. The summed E-state index contributed by atoms with van der Waals surface area (Å²) in [6.45, 7) is 0.479. The summed E-state index contributed by atoms with van der Waals surface area (Å²) in [4.78, 5) is 32.0. The number of hydrogen-bond donors (Lipinski definition) is 1. The molecule has 0 bridgehead atoms. The third-order valence-electron chi connectivity index (χ3n) is 5.05. The highest BCUT2D eigenvalue weighted by molar-refractivity contribution is 5.96. The molecule has 0 aliphatic carbocycles. The largest absolute Gasteiger partial charge is 0.481 e. The number of nitrogens with zero attached hydrogens (tertiary/aromatic N) is 3. The van der Waals surface area contributed by atoms with Crippen molar-refractivity contribution in [2.24, 2.45) is 0 Å². The van der Waals surface area contributed by atoms with Crippen molar-refractivity contribution in [3.63, 3.8) is 0 Å². The maximum absolute atomic E-state index is 13.5. The number of benzene rings is 1. The van der Waals surface area contributed by atoms with Crippen LogP contribution in [-0.2, 0) is 19.6 Å². The maximum atomic E-state index is 13.5. The lowest BCUT2D eigenvalue weighted by atomic mass is 10.1. The number of ether oxygens (including phenoxy) is 1. The number of anilines is 1. The molecule has 0 atom stereocenters. The third kappa shape index (κ3) is 4.25. The monoisotopic (exact) mass is 442 g/mol. The molecule has 1 aliphatic heterocycles. The molecule has 1 aromatic carbocycles. The Hall–Kier alpha value is -3.95. The van der Waals surface area contributed by atoms with E-state index in [0.29, 0.717) is 17.0 Å². The minimum absolute atomic E-state index is 0.0605. The number of amides is 3. The van der Waals surface area contributed by atoms with Gasteiger partial charge >= 0.3 is 6.03 Å². The minimum atomic E-state index is -0.977. The molecule has 0 fully saturated rings. The number of halogens is 2. The topological polar surface area (TPSA) is 87.9 Å². The predicted octanol–water partition coefficient (Wildman–Crippen LogP) is 3.46. The van der Waals surface area contributed by atoms with Gasteiger partial charge in [-0.2, -0.15) is 0 Å². The van der Waals surface area contributed by atoms with Crippen LogP contribution in [0.1, 0.15) is 27.2 Å². The first-order chi connectivity index (χ1) is 15.4. The van der Waals surface area contributed by atoms with Crippen LogP contribution in [0.5, 0.6) is 5.88 Å². The average Bonchev–Trinajstić information content (AvgIpc) is 3.22. The Morgan fingerprint density at radius 2 is 2.00 bits per heavy atom. The summed E-state index contributed by atoms with van der Waals surface area (Å²) in [7, 11) is 3.03. The van der Waals surface area contributed by atoms with E-state index < -0.39 is 17.5 Å².